The fourth-order valence-corrected chi connectivity index (χ4v) is 7.25. The second kappa shape index (κ2) is 12.9. The van der Waals surface area contributed by atoms with Crippen LogP contribution in [-0.4, -0.2) is 66.1 Å². The van der Waals surface area contributed by atoms with E-state index in [2.05, 4.69) is 48.7 Å². The highest BCUT2D eigenvalue weighted by Gasteiger charge is 2.39. The van der Waals surface area contributed by atoms with E-state index in [1.807, 2.05) is 18.2 Å². The van der Waals surface area contributed by atoms with E-state index < -0.39 is 5.76 Å². The Hall–Kier alpha value is -4.25. The second-order valence-corrected chi connectivity index (χ2v) is 13.3. The van der Waals surface area contributed by atoms with Crippen molar-refractivity contribution in [3.63, 3.8) is 0 Å². The summed E-state index contributed by atoms with van der Waals surface area (Å²) in [7, 11) is 0. The van der Waals surface area contributed by atoms with Gasteiger partial charge >= 0.3 is 5.76 Å². The summed E-state index contributed by atoms with van der Waals surface area (Å²) < 4.78 is 7.13. The van der Waals surface area contributed by atoms with Crippen molar-refractivity contribution in [2.75, 3.05) is 24.5 Å². The predicted molar refractivity (Wildman–Crippen MR) is 177 cm³/mol. The minimum atomic E-state index is -0.659. The topological polar surface area (TPSA) is 126 Å². The zero-order valence-electron chi connectivity index (χ0n) is 25.9. The highest BCUT2D eigenvalue weighted by Crippen LogP contribution is 2.39. The summed E-state index contributed by atoms with van der Waals surface area (Å²) in [6.45, 7) is 10.8. The molecule has 7 rings (SSSR count). The summed E-state index contributed by atoms with van der Waals surface area (Å²) in [6.07, 6.45) is 15.5. The van der Waals surface area contributed by atoms with Gasteiger partial charge in [0.25, 0.3) is 0 Å². The third kappa shape index (κ3) is 6.12. The number of aromatic amines is 1. The molecule has 1 unspecified atom stereocenters. The highest BCUT2D eigenvalue weighted by atomic mass is 35.5. The second-order valence-electron chi connectivity index (χ2n) is 12.9. The van der Waals surface area contributed by atoms with Gasteiger partial charge < -0.3 is 14.4 Å². The Balaban J connectivity index is 1.35. The fourth-order valence-electron chi connectivity index (χ4n) is 7.08. The van der Waals surface area contributed by atoms with Crippen LogP contribution in [0.25, 0.3) is 33.8 Å². The molecule has 12 heteroatoms. The van der Waals surface area contributed by atoms with Crippen LogP contribution in [0, 0.1) is 17.8 Å². The quantitative estimate of drug-likeness (QED) is 0.213. The maximum Gasteiger partial charge on any atom is 0.439 e. The van der Waals surface area contributed by atoms with Crippen molar-refractivity contribution in [2.45, 2.75) is 64.0 Å². The monoisotopic (exact) mass is 642 g/mol. The Morgan fingerprint density at radius 3 is 2.61 bits per heavy atom. The van der Waals surface area contributed by atoms with Crippen LogP contribution in [0.5, 0.6) is 0 Å². The largest absolute Gasteiger partial charge is 0.439 e. The van der Waals surface area contributed by atoms with Gasteiger partial charge in [-0.3, -0.25) is 19.3 Å². The number of nitrogens with one attached hydrogen (secondary N) is 1. The molecule has 1 amide bonds. The zero-order chi connectivity index (χ0) is 31.8. The van der Waals surface area contributed by atoms with Crippen LogP contribution in [0.2, 0.25) is 5.02 Å². The van der Waals surface area contributed by atoms with Crippen LogP contribution in [0.15, 0.2) is 59.2 Å². The van der Waals surface area contributed by atoms with Gasteiger partial charge in [0.1, 0.15) is 5.69 Å². The molecule has 5 heterocycles. The number of piperazine rings is 1. The van der Waals surface area contributed by atoms with Crippen molar-refractivity contribution in [3.8, 4) is 22.8 Å². The van der Waals surface area contributed by atoms with Gasteiger partial charge in [-0.05, 0) is 75.3 Å². The molecule has 3 aliphatic rings. The first kappa shape index (κ1) is 30.4. The summed E-state index contributed by atoms with van der Waals surface area (Å²) in [6, 6.07) is 3.76. The minimum Gasteiger partial charge on any atom is -0.338 e. The molecule has 0 spiro atoms. The number of aromatic nitrogens is 6. The van der Waals surface area contributed by atoms with Crippen LogP contribution in [0.3, 0.4) is 0 Å². The molecule has 1 saturated heterocycles. The molecule has 240 valence electrons. The lowest BCUT2D eigenvalue weighted by Gasteiger charge is -2.42. The Kier molecular flexibility index (Phi) is 8.50. The van der Waals surface area contributed by atoms with Gasteiger partial charge in [-0.25, -0.2) is 14.8 Å². The molecule has 1 aliphatic heterocycles. The Bertz CT molecular complexity index is 1820. The van der Waals surface area contributed by atoms with Crippen LogP contribution < -0.4 is 10.7 Å². The van der Waals surface area contributed by atoms with Crippen LogP contribution in [0.1, 0.15) is 51.4 Å². The van der Waals surface area contributed by atoms with Crippen molar-refractivity contribution in [3.05, 3.63) is 65.4 Å². The van der Waals surface area contributed by atoms with Crippen molar-refractivity contribution in [1.82, 2.24) is 34.6 Å². The molecule has 4 aromatic heterocycles. The van der Waals surface area contributed by atoms with Gasteiger partial charge in [-0.1, -0.05) is 28.9 Å². The summed E-state index contributed by atoms with van der Waals surface area (Å²) in [5, 5.41) is 4.40. The van der Waals surface area contributed by atoms with E-state index in [0.717, 1.165) is 80.5 Å². The lowest BCUT2D eigenvalue weighted by molar-refractivity contribution is -0.135. The highest BCUT2D eigenvalue weighted by molar-refractivity contribution is 6.30. The van der Waals surface area contributed by atoms with Crippen LogP contribution in [-0.2, 0) is 11.3 Å². The minimum absolute atomic E-state index is 0.0710. The van der Waals surface area contributed by atoms with E-state index >= 15 is 0 Å². The molecule has 0 radical (unpaired) electrons. The SMILES string of the molecule is C=CCCC1CN(c2nc3cc(-c4noc(=O)[nH]4)nc(-c4cncc(Cl)c4)c3n2CC2CCC(C=C)CC2)CCN1C(=O)C1CC1. The Labute approximate surface area is 272 Å². The van der Waals surface area contributed by atoms with Gasteiger partial charge in [0.2, 0.25) is 17.7 Å². The van der Waals surface area contributed by atoms with Gasteiger partial charge in [0.15, 0.2) is 0 Å². The van der Waals surface area contributed by atoms with Gasteiger partial charge in [0.05, 0.1) is 21.7 Å². The van der Waals surface area contributed by atoms with E-state index in [9.17, 15) is 9.59 Å². The molecule has 0 bridgehead atoms. The number of pyridine rings is 2. The number of anilines is 1. The van der Waals surface area contributed by atoms with E-state index in [-0.39, 0.29) is 23.7 Å². The van der Waals surface area contributed by atoms with Gasteiger partial charge in [-0.2, -0.15) is 0 Å². The number of amides is 1. The van der Waals surface area contributed by atoms with E-state index in [1.165, 1.54) is 0 Å². The summed E-state index contributed by atoms with van der Waals surface area (Å²) >= 11 is 6.44. The van der Waals surface area contributed by atoms with Crippen molar-refractivity contribution in [2.24, 2.45) is 17.8 Å². The summed E-state index contributed by atoms with van der Waals surface area (Å²) in [5.41, 5.74) is 3.41. The van der Waals surface area contributed by atoms with Crippen LogP contribution >= 0.6 is 11.6 Å². The van der Waals surface area contributed by atoms with E-state index in [1.54, 1.807) is 12.4 Å². The number of allylic oxidation sites excluding steroid dienone is 2. The molecular formula is C34H39ClN8O3. The number of carbonyl (C=O) groups is 1. The smallest absolute Gasteiger partial charge is 0.338 e. The maximum atomic E-state index is 13.3. The molecule has 11 nitrogen and oxygen atoms in total. The molecule has 2 saturated carbocycles. The number of carbonyl (C=O) groups excluding carboxylic acids is 1. The van der Waals surface area contributed by atoms with Gasteiger partial charge in [0, 0.05) is 56.1 Å². The van der Waals surface area contributed by atoms with Crippen molar-refractivity contribution >= 4 is 34.5 Å². The lowest BCUT2D eigenvalue weighted by atomic mass is 9.82. The summed E-state index contributed by atoms with van der Waals surface area (Å²) in [4.78, 5) is 46.9. The number of halogens is 1. The van der Waals surface area contributed by atoms with Gasteiger partial charge in [-0.15, -0.1) is 13.2 Å². The number of hydrogen-bond acceptors (Lipinski definition) is 8. The average molecular weight is 643 g/mol. The Morgan fingerprint density at radius 2 is 1.91 bits per heavy atom. The molecule has 2 aliphatic carbocycles. The molecule has 3 fully saturated rings. The van der Waals surface area contributed by atoms with E-state index in [4.69, 9.17) is 26.1 Å². The lowest BCUT2D eigenvalue weighted by Crippen LogP contribution is -2.56. The number of rotatable bonds is 10. The number of nitrogens with zero attached hydrogens (tertiary/aromatic N) is 7. The van der Waals surface area contributed by atoms with Crippen molar-refractivity contribution < 1.29 is 9.32 Å². The zero-order valence-corrected chi connectivity index (χ0v) is 26.7. The van der Waals surface area contributed by atoms with E-state index in [0.29, 0.717) is 47.9 Å². The first-order valence-corrected chi connectivity index (χ1v) is 16.7. The first-order valence-electron chi connectivity index (χ1n) is 16.3. The maximum absolute atomic E-state index is 13.3. The molecule has 1 N–H and O–H groups in total. The first-order chi connectivity index (χ1) is 22.4. The third-order valence-electron chi connectivity index (χ3n) is 9.71. The van der Waals surface area contributed by atoms with Crippen molar-refractivity contribution in [1.29, 1.82) is 0 Å². The summed E-state index contributed by atoms with van der Waals surface area (Å²) in [5.74, 6) is 1.89. The average Bonchev–Trinajstić information content (AvgIpc) is 3.74. The fraction of sp³-hybridized carbons (Fsp3) is 0.471. The number of fused-ring (bicyclic) bond motifs is 1. The van der Waals surface area contributed by atoms with Crippen LogP contribution in [0.4, 0.5) is 5.95 Å². The number of H-pyrrole nitrogens is 1. The predicted octanol–water partition coefficient (Wildman–Crippen LogP) is 5.88. The number of hydrogen-bond donors (Lipinski definition) is 1. The molecule has 46 heavy (non-hydrogen) atoms. The molecule has 0 aromatic carbocycles. The normalized spacial score (nSPS) is 21.9. The number of imidazole rings is 1. The standard InChI is InChI=1S/C34H39ClN8O3/c1-3-5-6-26-20-41(13-14-42(26)32(44)23-11-12-23)33-38-27-16-28(31-39-34(45)46-40-31)37-29(24-15-25(35)18-36-17-24)30(27)43(33)19-22-9-7-21(4-2)8-10-22/h3-4,15-18,21-23,26H,1-2,5-14,19-20H2,(H,39,40,45). The Morgan fingerprint density at radius 1 is 1.09 bits per heavy atom. The molecular weight excluding hydrogens is 604 g/mol. The third-order valence-corrected chi connectivity index (χ3v) is 9.92. The molecule has 1 atom stereocenters. The molecule has 4 aromatic rings.